The highest BCUT2D eigenvalue weighted by Gasteiger charge is 2.00. The van der Waals surface area contributed by atoms with Crippen molar-refractivity contribution >= 4 is 11.9 Å². The van der Waals surface area contributed by atoms with Gasteiger partial charge >= 0.3 is 6.09 Å². The van der Waals surface area contributed by atoms with Crippen LogP contribution in [-0.2, 0) is 6.61 Å². The predicted molar refractivity (Wildman–Crippen MR) is 39.6 cm³/mol. The number of aliphatic hydroxyl groups is 1. The summed E-state index contributed by atoms with van der Waals surface area (Å²) in [6.45, 7) is -0.239. The van der Waals surface area contributed by atoms with E-state index in [2.05, 4.69) is 9.97 Å². The molecule has 1 heterocycles. The third-order valence-electron chi connectivity index (χ3n) is 1.12. The summed E-state index contributed by atoms with van der Waals surface area (Å²) in [5.41, 5.74) is 0.369. The number of carboxylic acid groups (broad SMARTS) is 1. The summed E-state index contributed by atoms with van der Waals surface area (Å²) < 4.78 is 0. The summed E-state index contributed by atoms with van der Waals surface area (Å²) in [6.07, 6.45) is -0.0193. The Morgan fingerprint density at radius 1 is 1.58 bits per heavy atom. The van der Waals surface area contributed by atoms with Crippen LogP contribution >= 0.6 is 0 Å². The maximum Gasteiger partial charge on any atom is 0.410 e. The summed E-state index contributed by atoms with van der Waals surface area (Å²) in [4.78, 5) is 17.4. The number of amides is 1. The molecule has 1 rings (SSSR count). The van der Waals surface area contributed by atoms with Crippen LogP contribution in [0.25, 0.3) is 0 Å². The first-order valence-electron chi connectivity index (χ1n) is 3.14. The molecule has 64 valence electrons. The minimum absolute atomic E-state index is 0.154. The largest absolute Gasteiger partial charge is 0.465 e. The number of aromatic nitrogens is 2. The Hall–Kier alpha value is -1.69. The lowest BCUT2D eigenvalue weighted by atomic mass is 10.4. The monoisotopic (exact) mass is 169 g/mol. The molecular formula is C6H7N3O3. The van der Waals surface area contributed by atoms with Crippen molar-refractivity contribution in [1.29, 1.82) is 0 Å². The highest BCUT2D eigenvalue weighted by Crippen LogP contribution is 2.02. The molecule has 0 bridgehead atoms. The third kappa shape index (κ3) is 2.17. The Kier molecular flexibility index (Phi) is 2.54. The fraction of sp³-hybridized carbons (Fsp3) is 0.167. The van der Waals surface area contributed by atoms with Crippen LogP contribution in [0, 0.1) is 0 Å². The maximum absolute atomic E-state index is 10.1. The molecule has 12 heavy (non-hydrogen) atoms. The topological polar surface area (TPSA) is 95.3 Å². The molecule has 0 aliphatic heterocycles. The van der Waals surface area contributed by atoms with E-state index in [1.807, 2.05) is 5.32 Å². The second-order valence-electron chi connectivity index (χ2n) is 1.98. The molecule has 0 aromatic carbocycles. The number of anilines is 1. The maximum atomic E-state index is 10.1. The van der Waals surface area contributed by atoms with Crippen LogP contribution < -0.4 is 5.32 Å². The predicted octanol–water partition coefficient (Wildman–Crippen LogP) is 0.0588. The highest BCUT2D eigenvalue weighted by molar-refractivity contribution is 5.81. The molecule has 3 N–H and O–H groups in total. The van der Waals surface area contributed by atoms with Gasteiger partial charge in [0.15, 0.2) is 0 Å². The van der Waals surface area contributed by atoms with Gasteiger partial charge in [-0.25, -0.2) is 14.8 Å². The molecule has 0 saturated carbocycles. The molecule has 6 heteroatoms. The molecule has 1 aromatic heterocycles. The second kappa shape index (κ2) is 3.63. The molecule has 0 aliphatic rings. The lowest BCUT2D eigenvalue weighted by Gasteiger charge is -1.99. The molecule has 0 fully saturated rings. The van der Waals surface area contributed by atoms with Crippen LogP contribution in [0.3, 0.4) is 0 Å². The molecule has 1 aromatic rings. The Morgan fingerprint density at radius 3 is 2.92 bits per heavy atom. The van der Waals surface area contributed by atoms with Crippen LogP contribution in [-0.4, -0.2) is 26.3 Å². The van der Waals surface area contributed by atoms with Crippen LogP contribution in [0.4, 0.5) is 10.6 Å². The Bertz CT molecular complexity index is 289. The van der Waals surface area contributed by atoms with Crippen molar-refractivity contribution in [3.63, 3.8) is 0 Å². The number of hydrogen-bond donors (Lipinski definition) is 3. The van der Waals surface area contributed by atoms with Crippen molar-refractivity contribution in [3.8, 4) is 0 Å². The lowest BCUT2D eigenvalue weighted by Crippen LogP contribution is -2.09. The second-order valence-corrected chi connectivity index (χ2v) is 1.98. The normalized spacial score (nSPS) is 9.42. The summed E-state index contributed by atoms with van der Waals surface area (Å²) in [6, 6.07) is 1.36. The molecule has 0 saturated heterocycles. The van der Waals surface area contributed by atoms with Crippen molar-refractivity contribution in [2.75, 3.05) is 5.32 Å². The molecule has 0 aliphatic carbocycles. The smallest absolute Gasteiger partial charge is 0.410 e. The van der Waals surface area contributed by atoms with E-state index in [-0.39, 0.29) is 12.4 Å². The van der Waals surface area contributed by atoms with E-state index in [0.717, 1.165) is 0 Å². The number of aliphatic hydroxyl groups excluding tert-OH is 1. The van der Waals surface area contributed by atoms with Gasteiger partial charge in [0.05, 0.1) is 12.3 Å². The highest BCUT2D eigenvalue weighted by atomic mass is 16.4. The summed E-state index contributed by atoms with van der Waals surface area (Å²) in [7, 11) is 0. The zero-order valence-electron chi connectivity index (χ0n) is 6.06. The molecule has 0 spiro atoms. The average Bonchev–Trinajstić information content (AvgIpc) is 2.03. The van der Waals surface area contributed by atoms with E-state index in [1.165, 1.54) is 12.4 Å². The summed E-state index contributed by atoms with van der Waals surface area (Å²) >= 11 is 0. The number of hydrogen-bond acceptors (Lipinski definition) is 4. The summed E-state index contributed by atoms with van der Waals surface area (Å²) in [5.74, 6) is 0.154. The molecule has 6 nitrogen and oxygen atoms in total. The minimum atomic E-state index is -1.20. The quantitative estimate of drug-likeness (QED) is 0.581. The van der Waals surface area contributed by atoms with Crippen molar-refractivity contribution in [1.82, 2.24) is 9.97 Å². The van der Waals surface area contributed by atoms with Gasteiger partial charge in [0.1, 0.15) is 12.1 Å². The van der Waals surface area contributed by atoms with Gasteiger partial charge in [-0.3, -0.25) is 5.32 Å². The van der Waals surface area contributed by atoms with Crippen molar-refractivity contribution in [2.24, 2.45) is 0 Å². The Labute approximate surface area is 67.9 Å². The van der Waals surface area contributed by atoms with Crippen LogP contribution in [0.1, 0.15) is 5.69 Å². The zero-order valence-corrected chi connectivity index (χ0v) is 6.06. The van der Waals surface area contributed by atoms with Gasteiger partial charge in [-0.05, 0) is 0 Å². The van der Waals surface area contributed by atoms with Crippen molar-refractivity contribution in [2.45, 2.75) is 6.61 Å². The summed E-state index contributed by atoms with van der Waals surface area (Å²) in [5, 5.41) is 19.0. The zero-order chi connectivity index (χ0) is 8.97. The molecule has 1 amide bonds. The van der Waals surface area contributed by atoms with E-state index >= 15 is 0 Å². The number of carbonyl (C=O) groups is 1. The van der Waals surface area contributed by atoms with Gasteiger partial charge in [0, 0.05) is 6.07 Å². The standard InChI is InChI=1S/C6H7N3O3/c10-2-4-1-5(8-3-7-4)9-6(11)12/h1,3,10H,2H2,(H,11,12)(H,7,8,9). The first-order chi connectivity index (χ1) is 5.72. The first-order valence-corrected chi connectivity index (χ1v) is 3.14. The van der Waals surface area contributed by atoms with Crippen molar-refractivity contribution < 1.29 is 15.0 Å². The molecule has 0 unspecified atom stereocenters. The fourth-order valence-electron chi connectivity index (χ4n) is 0.662. The van der Waals surface area contributed by atoms with Gasteiger partial charge in [-0.2, -0.15) is 0 Å². The minimum Gasteiger partial charge on any atom is -0.465 e. The SMILES string of the molecule is O=C(O)Nc1cc(CO)ncn1. The van der Waals surface area contributed by atoms with Crippen LogP contribution in [0.15, 0.2) is 12.4 Å². The number of nitrogens with zero attached hydrogens (tertiary/aromatic N) is 2. The van der Waals surface area contributed by atoms with E-state index in [1.54, 1.807) is 0 Å². The number of rotatable bonds is 2. The van der Waals surface area contributed by atoms with Gasteiger partial charge in [0.2, 0.25) is 0 Å². The number of nitrogens with one attached hydrogen (secondary N) is 1. The molecule has 0 radical (unpaired) electrons. The molecular weight excluding hydrogens is 162 g/mol. The molecule has 0 atom stereocenters. The van der Waals surface area contributed by atoms with E-state index in [4.69, 9.17) is 10.2 Å². The third-order valence-corrected chi connectivity index (χ3v) is 1.12. The first kappa shape index (κ1) is 8.41. The van der Waals surface area contributed by atoms with Gasteiger partial charge in [-0.1, -0.05) is 0 Å². The Morgan fingerprint density at radius 2 is 2.33 bits per heavy atom. The van der Waals surface area contributed by atoms with Crippen molar-refractivity contribution in [3.05, 3.63) is 18.1 Å². The fourth-order valence-corrected chi connectivity index (χ4v) is 0.662. The van der Waals surface area contributed by atoms with Gasteiger partial charge < -0.3 is 10.2 Å². The van der Waals surface area contributed by atoms with Gasteiger partial charge in [0.25, 0.3) is 0 Å². The lowest BCUT2D eigenvalue weighted by molar-refractivity contribution is 0.209. The van der Waals surface area contributed by atoms with E-state index in [0.29, 0.717) is 5.69 Å². The van der Waals surface area contributed by atoms with Crippen LogP contribution in [0.2, 0.25) is 0 Å². The van der Waals surface area contributed by atoms with E-state index < -0.39 is 6.09 Å². The van der Waals surface area contributed by atoms with Crippen LogP contribution in [0.5, 0.6) is 0 Å². The van der Waals surface area contributed by atoms with E-state index in [9.17, 15) is 4.79 Å². The average molecular weight is 169 g/mol. The Balaban J connectivity index is 2.79. The van der Waals surface area contributed by atoms with Gasteiger partial charge in [-0.15, -0.1) is 0 Å².